The van der Waals surface area contributed by atoms with E-state index < -0.39 is 0 Å². The van der Waals surface area contributed by atoms with E-state index in [0.717, 1.165) is 25.6 Å². The Morgan fingerprint density at radius 1 is 1.00 bits per heavy atom. The van der Waals surface area contributed by atoms with Gasteiger partial charge in [0.15, 0.2) is 0 Å². The molecule has 0 bridgehead atoms. The van der Waals surface area contributed by atoms with Gasteiger partial charge in [0.1, 0.15) is 0 Å². The van der Waals surface area contributed by atoms with Gasteiger partial charge in [0, 0.05) is 38.1 Å². The van der Waals surface area contributed by atoms with Gasteiger partial charge in [-0.25, -0.2) is 0 Å². The molecule has 1 aliphatic heterocycles. The molecule has 2 unspecified atom stereocenters. The minimum absolute atomic E-state index is 0.521. The molecule has 2 nitrogen and oxygen atoms in total. The summed E-state index contributed by atoms with van der Waals surface area (Å²) in [5.74, 6) is 0.727. The molecule has 1 saturated heterocycles. The van der Waals surface area contributed by atoms with Crippen molar-refractivity contribution in [2.75, 3.05) is 26.2 Å². The van der Waals surface area contributed by atoms with Gasteiger partial charge in [0.25, 0.3) is 0 Å². The number of fused-ring (bicyclic) bond motifs is 1. The Kier molecular flexibility index (Phi) is 3.50. The van der Waals surface area contributed by atoms with E-state index in [1.807, 2.05) is 0 Å². The van der Waals surface area contributed by atoms with Crippen molar-refractivity contribution in [3.63, 3.8) is 0 Å². The monoisotopic (exact) mass is 278 g/mol. The molecule has 0 amide bonds. The molecule has 108 valence electrons. The van der Waals surface area contributed by atoms with Crippen molar-refractivity contribution >= 4 is 0 Å². The second-order valence-electron chi connectivity index (χ2n) is 6.23. The number of hydrogen-bond donors (Lipinski definition) is 1. The van der Waals surface area contributed by atoms with Gasteiger partial charge in [-0.15, -0.1) is 0 Å². The summed E-state index contributed by atoms with van der Waals surface area (Å²) in [7, 11) is 0. The normalized spacial score (nSPS) is 25.1. The molecule has 1 aliphatic carbocycles. The molecule has 0 radical (unpaired) electrons. The summed E-state index contributed by atoms with van der Waals surface area (Å²) in [6, 6.07) is 20.4. The van der Waals surface area contributed by atoms with Crippen LogP contribution in [0, 0.1) is 0 Å². The van der Waals surface area contributed by atoms with Crippen molar-refractivity contribution in [3.05, 3.63) is 71.3 Å². The lowest BCUT2D eigenvalue weighted by Gasteiger charge is -2.41. The molecule has 2 aromatic carbocycles. The Hall–Kier alpha value is -1.64. The Morgan fingerprint density at radius 2 is 1.81 bits per heavy atom. The molecule has 1 fully saturated rings. The van der Waals surface area contributed by atoms with E-state index >= 15 is 0 Å². The van der Waals surface area contributed by atoms with Crippen molar-refractivity contribution < 1.29 is 0 Å². The topological polar surface area (TPSA) is 15.3 Å². The molecule has 2 atom stereocenters. The molecule has 1 N–H and O–H groups in total. The Labute approximate surface area is 126 Å². The number of benzene rings is 2. The fraction of sp³-hybridized carbons (Fsp3) is 0.368. The average Bonchev–Trinajstić information content (AvgIpc) is 2.54. The predicted octanol–water partition coefficient (Wildman–Crippen LogP) is 2.97. The maximum absolute atomic E-state index is 3.55. The molecular formula is C19H22N2. The Balaban J connectivity index is 1.51. The van der Waals surface area contributed by atoms with Crippen molar-refractivity contribution in [2.24, 2.45) is 0 Å². The number of nitrogens with one attached hydrogen (secondary N) is 1. The van der Waals surface area contributed by atoms with Gasteiger partial charge in [0.05, 0.1) is 0 Å². The highest BCUT2D eigenvalue weighted by Crippen LogP contribution is 2.37. The van der Waals surface area contributed by atoms with Crippen LogP contribution in [-0.2, 0) is 6.42 Å². The van der Waals surface area contributed by atoms with E-state index in [9.17, 15) is 0 Å². The summed E-state index contributed by atoms with van der Waals surface area (Å²) >= 11 is 0. The summed E-state index contributed by atoms with van der Waals surface area (Å²) in [6.07, 6.45) is 1.25. The van der Waals surface area contributed by atoms with Gasteiger partial charge < -0.3 is 5.32 Å². The van der Waals surface area contributed by atoms with Crippen LogP contribution in [0.1, 0.15) is 28.7 Å². The standard InChI is InChI=1S/C19H22N2/c1-2-6-15(7-3-1)19-13-20-10-11-21(19)14-17-12-16-8-4-5-9-18(16)17/h1-9,17,19-20H,10-14H2. The van der Waals surface area contributed by atoms with E-state index in [1.165, 1.54) is 18.5 Å². The molecule has 4 rings (SSSR count). The Bertz CT molecular complexity index is 608. The molecule has 21 heavy (non-hydrogen) atoms. The first-order chi connectivity index (χ1) is 10.4. The SMILES string of the molecule is c1ccc(C2CNCCN2CC2Cc3ccccc32)cc1. The van der Waals surface area contributed by atoms with Crippen molar-refractivity contribution in [3.8, 4) is 0 Å². The van der Waals surface area contributed by atoms with Crippen molar-refractivity contribution in [1.29, 1.82) is 0 Å². The molecule has 0 saturated carbocycles. The van der Waals surface area contributed by atoms with Crippen LogP contribution in [-0.4, -0.2) is 31.1 Å². The van der Waals surface area contributed by atoms with E-state index in [-0.39, 0.29) is 0 Å². The molecule has 0 aromatic heterocycles. The zero-order valence-corrected chi connectivity index (χ0v) is 12.3. The number of hydrogen-bond acceptors (Lipinski definition) is 2. The third kappa shape index (κ3) is 2.50. The van der Waals surface area contributed by atoms with Crippen LogP contribution in [0.25, 0.3) is 0 Å². The lowest BCUT2D eigenvalue weighted by Crippen LogP contribution is -2.48. The third-order valence-electron chi connectivity index (χ3n) is 4.95. The van der Waals surface area contributed by atoms with Gasteiger partial charge in [-0.3, -0.25) is 4.90 Å². The smallest absolute Gasteiger partial charge is 0.0473 e. The zero-order valence-electron chi connectivity index (χ0n) is 12.3. The minimum Gasteiger partial charge on any atom is -0.314 e. The second-order valence-corrected chi connectivity index (χ2v) is 6.23. The summed E-state index contributed by atoms with van der Waals surface area (Å²) in [5, 5.41) is 3.55. The fourth-order valence-electron chi connectivity index (χ4n) is 3.78. The molecule has 2 heteroatoms. The summed E-state index contributed by atoms with van der Waals surface area (Å²) in [6.45, 7) is 4.52. The largest absolute Gasteiger partial charge is 0.314 e. The molecule has 2 aliphatic rings. The van der Waals surface area contributed by atoms with Gasteiger partial charge in [-0.1, -0.05) is 54.6 Å². The average molecular weight is 278 g/mol. The lowest BCUT2D eigenvalue weighted by atomic mass is 9.77. The summed E-state index contributed by atoms with van der Waals surface area (Å²) in [4.78, 5) is 2.67. The number of piperazine rings is 1. The van der Waals surface area contributed by atoms with Gasteiger partial charge in [-0.05, 0) is 23.1 Å². The first-order valence-electron chi connectivity index (χ1n) is 7.99. The van der Waals surface area contributed by atoms with Crippen molar-refractivity contribution in [2.45, 2.75) is 18.4 Å². The number of nitrogens with zero attached hydrogens (tertiary/aromatic N) is 1. The van der Waals surface area contributed by atoms with Gasteiger partial charge in [0.2, 0.25) is 0 Å². The van der Waals surface area contributed by atoms with E-state index in [2.05, 4.69) is 64.8 Å². The van der Waals surface area contributed by atoms with Crippen LogP contribution in [0.15, 0.2) is 54.6 Å². The minimum atomic E-state index is 0.521. The number of rotatable bonds is 3. The molecule has 1 heterocycles. The van der Waals surface area contributed by atoms with E-state index in [1.54, 1.807) is 11.1 Å². The van der Waals surface area contributed by atoms with Gasteiger partial charge in [-0.2, -0.15) is 0 Å². The summed E-state index contributed by atoms with van der Waals surface area (Å²) < 4.78 is 0. The van der Waals surface area contributed by atoms with E-state index in [0.29, 0.717) is 6.04 Å². The van der Waals surface area contributed by atoms with Gasteiger partial charge >= 0.3 is 0 Å². The first kappa shape index (κ1) is 13.1. The summed E-state index contributed by atoms with van der Waals surface area (Å²) in [5.41, 5.74) is 4.56. The predicted molar refractivity (Wildman–Crippen MR) is 86.5 cm³/mol. The third-order valence-corrected chi connectivity index (χ3v) is 4.95. The van der Waals surface area contributed by atoms with Crippen LogP contribution >= 0.6 is 0 Å². The lowest BCUT2D eigenvalue weighted by molar-refractivity contribution is 0.147. The second kappa shape index (κ2) is 5.63. The quantitative estimate of drug-likeness (QED) is 0.928. The maximum Gasteiger partial charge on any atom is 0.0473 e. The molecular weight excluding hydrogens is 256 g/mol. The highest BCUT2D eigenvalue weighted by molar-refractivity contribution is 5.40. The highest BCUT2D eigenvalue weighted by atomic mass is 15.2. The van der Waals surface area contributed by atoms with Crippen LogP contribution in [0.3, 0.4) is 0 Å². The van der Waals surface area contributed by atoms with Crippen LogP contribution in [0.5, 0.6) is 0 Å². The zero-order chi connectivity index (χ0) is 14.1. The first-order valence-corrected chi connectivity index (χ1v) is 7.99. The van der Waals surface area contributed by atoms with Crippen LogP contribution < -0.4 is 5.32 Å². The Morgan fingerprint density at radius 3 is 2.67 bits per heavy atom. The maximum atomic E-state index is 3.55. The highest BCUT2D eigenvalue weighted by Gasteiger charge is 2.31. The van der Waals surface area contributed by atoms with Crippen LogP contribution in [0.4, 0.5) is 0 Å². The fourth-order valence-corrected chi connectivity index (χ4v) is 3.78. The van der Waals surface area contributed by atoms with Crippen molar-refractivity contribution in [1.82, 2.24) is 10.2 Å². The van der Waals surface area contributed by atoms with Crippen LogP contribution in [0.2, 0.25) is 0 Å². The molecule has 0 spiro atoms. The molecule has 2 aromatic rings. The van der Waals surface area contributed by atoms with E-state index in [4.69, 9.17) is 0 Å².